The van der Waals surface area contributed by atoms with Crippen molar-refractivity contribution in [2.24, 2.45) is 0 Å². The van der Waals surface area contributed by atoms with Gasteiger partial charge in [-0.3, -0.25) is 16.0 Å². The number of benzene rings is 8. The SMILES string of the molecule is Cc1ccccc1.c1ccc(-c2cc(C3NCNC(c4ccccc4)N3)cc(-n3c4ccc5ccccc5c4c4c5ccccc5ccc43)c2)cc1. The summed E-state index contributed by atoms with van der Waals surface area (Å²) in [5.41, 5.74) is 9.71. The lowest BCUT2D eigenvalue weighted by Crippen LogP contribution is -2.52. The molecule has 0 spiro atoms. The minimum Gasteiger partial charge on any atom is -0.309 e. The Morgan fingerprint density at radius 3 is 1.56 bits per heavy atom. The molecule has 52 heavy (non-hydrogen) atoms. The van der Waals surface area contributed by atoms with Gasteiger partial charge in [0.05, 0.1) is 23.4 Å². The van der Waals surface area contributed by atoms with Crippen LogP contribution in [0.3, 0.4) is 0 Å². The Balaban J connectivity index is 0.000000464. The first-order valence-electron chi connectivity index (χ1n) is 18.1. The van der Waals surface area contributed by atoms with Crippen LogP contribution in [-0.4, -0.2) is 11.2 Å². The maximum absolute atomic E-state index is 3.83. The van der Waals surface area contributed by atoms with Crippen LogP contribution in [0.25, 0.3) is 60.2 Å². The second-order valence-corrected chi connectivity index (χ2v) is 13.6. The van der Waals surface area contributed by atoms with Gasteiger partial charge in [-0.25, -0.2) is 0 Å². The predicted molar refractivity (Wildman–Crippen MR) is 219 cm³/mol. The van der Waals surface area contributed by atoms with Crippen LogP contribution in [0.4, 0.5) is 0 Å². The molecule has 2 unspecified atom stereocenters. The van der Waals surface area contributed by atoms with Crippen LogP contribution >= 0.6 is 0 Å². The van der Waals surface area contributed by atoms with Crippen LogP contribution < -0.4 is 16.0 Å². The van der Waals surface area contributed by atoms with E-state index in [0.29, 0.717) is 6.67 Å². The Bertz CT molecular complexity index is 2550. The first kappa shape index (κ1) is 31.9. The summed E-state index contributed by atoms with van der Waals surface area (Å²) in [6.07, 6.45) is 0.0147. The van der Waals surface area contributed by atoms with Crippen molar-refractivity contribution in [3.05, 3.63) is 199 Å². The van der Waals surface area contributed by atoms with E-state index in [0.717, 1.165) is 5.69 Å². The van der Waals surface area contributed by atoms with Crippen LogP contribution in [-0.2, 0) is 0 Å². The van der Waals surface area contributed by atoms with E-state index in [1.54, 1.807) is 0 Å². The van der Waals surface area contributed by atoms with Crippen LogP contribution in [0.1, 0.15) is 29.0 Å². The third kappa shape index (κ3) is 6.03. The molecule has 0 aliphatic carbocycles. The molecular formula is C48H40N4. The lowest BCUT2D eigenvalue weighted by molar-refractivity contribution is 0.267. The highest BCUT2D eigenvalue weighted by atomic mass is 15.3. The van der Waals surface area contributed by atoms with Gasteiger partial charge in [0.2, 0.25) is 0 Å². The number of fused-ring (bicyclic) bond motifs is 7. The Labute approximate surface area is 304 Å². The van der Waals surface area contributed by atoms with Crippen molar-refractivity contribution in [3.63, 3.8) is 0 Å². The van der Waals surface area contributed by atoms with Gasteiger partial charge >= 0.3 is 0 Å². The van der Waals surface area contributed by atoms with Gasteiger partial charge in [0.1, 0.15) is 0 Å². The lowest BCUT2D eigenvalue weighted by atomic mass is 9.99. The highest BCUT2D eigenvalue weighted by molar-refractivity contribution is 6.28. The summed E-state index contributed by atoms with van der Waals surface area (Å²) in [7, 11) is 0. The van der Waals surface area contributed by atoms with Gasteiger partial charge < -0.3 is 4.57 Å². The zero-order chi connectivity index (χ0) is 34.9. The summed E-state index contributed by atoms with van der Waals surface area (Å²) < 4.78 is 2.47. The lowest BCUT2D eigenvalue weighted by Gasteiger charge is -2.34. The fourth-order valence-electron chi connectivity index (χ4n) is 7.71. The molecule has 2 atom stereocenters. The standard InChI is InChI=1S/C41H32N4.C7H8/c1-3-11-27(12-4-1)31-23-32(41-43-26-42-40(44-41)30-15-5-2-6-16-30)25-33(24-31)45-36-21-19-28-13-7-9-17-34(28)38(36)39-35-18-10-8-14-29(35)20-22-37(39)45;1-7-5-3-2-4-6-7/h1-25,40-44H,26H2;2-6H,1H3. The van der Waals surface area contributed by atoms with E-state index in [-0.39, 0.29) is 12.3 Å². The number of hydrogen-bond acceptors (Lipinski definition) is 3. The largest absolute Gasteiger partial charge is 0.309 e. The molecule has 0 radical (unpaired) electrons. The molecule has 1 aliphatic heterocycles. The zero-order valence-corrected chi connectivity index (χ0v) is 29.1. The molecule has 0 bridgehead atoms. The van der Waals surface area contributed by atoms with Gasteiger partial charge in [-0.15, -0.1) is 0 Å². The fraction of sp³-hybridized carbons (Fsp3) is 0.0833. The van der Waals surface area contributed by atoms with Gasteiger partial charge in [0.25, 0.3) is 0 Å². The molecule has 0 saturated carbocycles. The second-order valence-electron chi connectivity index (χ2n) is 13.6. The smallest absolute Gasteiger partial charge is 0.0860 e. The molecule has 2 heterocycles. The number of aromatic nitrogens is 1. The molecule has 1 saturated heterocycles. The summed E-state index contributed by atoms with van der Waals surface area (Å²) in [6.45, 7) is 2.79. The van der Waals surface area contributed by atoms with Gasteiger partial charge in [-0.2, -0.15) is 0 Å². The average Bonchev–Trinajstić information content (AvgIpc) is 3.57. The van der Waals surface area contributed by atoms with Crippen molar-refractivity contribution in [2.45, 2.75) is 19.3 Å². The van der Waals surface area contributed by atoms with Crippen LogP contribution in [0, 0.1) is 6.92 Å². The maximum atomic E-state index is 3.83. The van der Waals surface area contributed by atoms with Crippen molar-refractivity contribution >= 4 is 43.4 Å². The Morgan fingerprint density at radius 1 is 0.462 bits per heavy atom. The van der Waals surface area contributed by atoms with E-state index < -0.39 is 0 Å². The molecule has 4 heteroatoms. The molecule has 0 amide bonds. The Hall–Kier alpha value is -6.04. The molecule has 1 fully saturated rings. The monoisotopic (exact) mass is 672 g/mol. The Morgan fingerprint density at radius 2 is 0.981 bits per heavy atom. The van der Waals surface area contributed by atoms with E-state index >= 15 is 0 Å². The van der Waals surface area contributed by atoms with E-state index in [9.17, 15) is 0 Å². The minimum atomic E-state index is -0.0337. The van der Waals surface area contributed by atoms with Crippen molar-refractivity contribution in [3.8, 4) is 16.8 Å². The van der Waals surface area contributed by atoms with Gasteiger partial charge in [0, 0.05) is 23.1 Å². The van der Waals surface area contributed by atoms with Crippen LogP contribution in [0.2, 0.25) is 0 Å². The molecule has 1 aromatic heterocycles. The number of nitrogens with one attached hydrogen (secondary N) is 3. The summed E-state index contributed by atoms with van der Waals surface area (Å²) in [5, 5.41) is 18.8. The topological polar surface area (TPSA) is 41.0 Å². The molecular weight excluding hydrogens is 633 g/mol. The summed E-state index contributed by atoms with van der Waals surface area (Å²) in [5.74, 6) is 0. The van der Waals surface area contributed by atoms with Crippen molar-refractivity contribution in [2.75, 3.05) is 6.67 Å². The van der Waals surface area contributed by atoms with Gasteiger partial charge in [0.15, 0.2) is 0 Å². The third-order valence-corrected chi connectivity index (χ3v) is 10.2. The van der Waals surface area contributed by atoms with Crippen LogP contribution in [0.15, 0.2) is 182 Å². The summed E-state index contributed by atoms with van der Waals surface area (Å²) in [6, 6.07) is 65.3. The molecule has 1 aliphatic rings. The molecule has 10 rings (SSSR count). The molecule has 3 N–H and O–H groups in total. The quantitative estimate of drug-likeness (QED) is 0.174. The molecule has 8 aromatic carbocycles. The molecule has 9 aromatic rings. The third-order valence-electron chi connectivity index (χ3n) is 10.2. The molecule has 4 nitrogen and oxygen atoms in total. The van der Waals surface area contributed by atoms with Crippen molar-refractivity contribution in [1.82, 2.24) is 20.5 Å². The zero-order valence-electron chi connectivity index (χ0n) is 29.1. The minimum absolute atomic E-state index is 0.0337. The predicted octanol–water partition coefficient (Wildman–Crippen LogP) is 11.2. The normalized spacial score (nSPS) is 15.9. The average molecular weight is 673 g/mol. The number of hydrogen-bond donors (Lipinski definition) is 3. The van der Waals surface area contributed by atoms with E-state index in [4.69, 9.17) is 0 Å². The summed E-state index contributed by atoms with van der Waals surface area (Å²) in [4.78, 5) is 0. The molecule has 252 valence electrons. The van der Waals surface area contributed by atoms with E-state index in [1.165, 1.54) is 71.2 Å². The number of aryl methyl sites for hydroxylation is 1. The second kappa shape index (κ2) is 13.9. The van der Waals surface area contributed by atoms with Gasteiger partial charge in [-0.05, 0) is 81.1 Å². The van der Waals surface area contributed by atoms with Crippen molar-refractivity contribution in [1.29, 1.82) is 0 Å². The Kier molecular flexibility index (Phi) is 8.55. The first-order valence-corrected chi connectivity index (χ1v) is 18.1. The fourth-order valence-corrected chi connectivity index (χ4v) is 7.71. The van der Waals surface area contributed by atoms with Gasteiger partial charge in [-0.1, -0.05) is 157 Å². The van der Waals surface area contributed by atoms with E-state index in [2.05, 4.69) is 191 Å². The van der Waals surface area contributed by atoms with Crippen molar-refractivity contribution < 1.29 is 0 Å². The number of nitrogens with zero attached hydrogens (tertiary/aromatic N) is 1. The first-order chi connectivity index (χ1) is 25.7. The maximum Gasteiger partial charge on any atom is 0.0860 e. The highest BCUT2D eigenvalue weighted by Crippen LogP contribution is 2.41. The van der Waals surface area contributed by atoms with E-state index in [1.807, 2.05) is 18.2 Å². The van der Waals surface area contributed by atoms with Crippen LogP contribution in [0.5, 0.6) is 0 Å². The number of rotatable bonds is 4. The summed E-state index contributed by atoms with van der Waals surface area (Å²) >= 11 is 0. The highest BCUT2D eigenvalue weighted by Gasteiger charge is 2.24.